The number of carbonyl (C=O) groups is 1. The summed E-state index contributed by atoms with van der Waals surface area (Å²) < 4.78 is 0. The van der Waals surface area contributed by atoms with Crippen LogP contribution in [0.5, 0.6) is 0 Å². The Labute approximate surface area is 164 Å². The molecule has 0 unspecified atom stereocenters. The van der Waals surface area contributed by atoms with Gasteiger partial charge in [-0.3, -0.25) is 19.6 Å². The zero-order valence-electron chi connectivity index (χ0n) is 16.3. The molecule has 1 atom stereocenters. The van der Waals surface area contributed by atoms with Crippen molar-refractivity contribution in [2.45, 2.75) is 33.2 Å². The number of nitrogens with one attached hydrogen (secondary N) is 2. The number of carbonyl (C=O) groups excluding carboxylic acids is 1. The molecule has 28 heavy (non-hydrogen) atoms. The molecule has 2 heterocycles. The SMILES string of the molecule is CC(C)(C)C[C@@H](NC(=O)c1cccc(-c2cncc(=O)[nH]2)c1)c1cccnc1. The van der Waals surface area contributed by atoms with Gasteiger partial charge in [0.05, 0.1) is 24.1 Å². The molecule has 1 aromatic carbocycles. The maximum absolute atomic E-state index is 12.9. The summed E-state index contributed by atoms with van der Waals surface area (Å²) in [5, 5.41) is 3.13. The first-order valence-electron chi connectivity index (χ1n) is 9.17. The average molecular weight is 376 g/mol. The molecule has 0 aliphatic rings. The van der Waals surface area contributed by atoms with Crippen LogP contribution in [-0.4, -0.2) is 20.9 Å². The number of aromatic nitrogens is 3. The van der Waals surface area contributed by atoms with Crippen LogP contribution in [0.1, 0.15) is 49.2 Å². The molecule has 3 aromatic rings. The third-order valence-electron chi connectivity index (χ3n) is 4.30. The van der Waals surface area contributed by atoms with Gasteiger partial charge in [0.2, 0.25) is 0 Å². The number of pyridine rings is 1. The highest BCUT2D eigenvalue weighted by atomic mass is 16.1. The molecule has 0 fully saturated rings. The van der Waals surface area contributed by atoms with Gasteiger partial charge < -0.3 is 10.3 Å². The predicted molar refractivity (Wildman–Crippen MR) is 109 cm³/mol. The third-order valence-corrected chi connectivity index (χ3v) is 4.30. The van der Waals surface area contributed by atoms with Crippen LogP contribution in [0.25, 0.3) is 11.3 Å². The van der Waals surface area contributed by atoms with Crippen LogP contribution in [0, 0.1) is 5.41 Å². The van der Waals surface area contributed by atoms with Gasteiger partial charge in [0, 0.05) is 23.5 Å². The number of hydrogen-bond donors (Lipinski definition) is 2. The summed E-state index contributed by atoms with van der Waals surface area (Å²) in [5.41, 5.74) is 2.54. The van der Waals surface area contributed by atoms with Crippen molar-refractivity contribution >= 4 is 5.91 Å². The van der Waals surface area contributed by atoms with Crippen LogP contribution in [-0.2, 0) is 0 Å². The molecule has 2 aromatic heterocycles. The fourth-order valence-electron chi connectivity index (χ4n) is 3.04. The molecule has 144 valence electrons. The molecule has 0 radical (unpaired) electrons. The highest BCUT2D eigenvalue weighted by Crippen LogP contribution is 2.29. The summed E-state index contributed by atoms with van der Waals surface area (Å²) in [6, 6.07) is 10.8. The molecular weight excluding hydrogens is 352 g/mol. The van der Waals surface area contributed by atoms with Crippen LogP contribution >= 0.6 is 0 Å². The van der Waals surface area contributed by atoms with Gasteiger partial charge in [-0.05, 0) is 35.6 Å². The first-order chi connectivity index (χ1) is 13.3. The molecule has 0 bridgehead atoms. The van der Waals surface area contributed by atoms with Gasteiger partial charge in [-0.15, -0.1) is 0 Å². The maximum Gasteiger partial charge on any atom is 0.266 e. The molecule has 0 spiro atoms. The zero-order chi connectivity index (χ0) is 20.1. The van der Waals surface area contributed by atoms with Gasteiger partial charge in [-0.2, -0.15) is 0 Å². The van der Waals surface area contributed by atoms with Crippen molar-refractivity contribution in [3.8, 4) is 11.3 Å². The van der Waals surface area contributed by atoms with E-state index in [1.807, 2.05) is 18.2 Å². The highest BCUT2D eigenvalue weighted by Gasteiger charge is 2.23. The standard InChI is InChI=1S/C22H24N4O2/c1-22(2,3)11-18(17-8-5-9-23-12-17)26-21(28)16-7-4-6-15(10-16)19-13-24-14-20(27)25-19/h4-10,12-14,18H,11H2,1-3H3,(H,25,27)(H,26,28)/t18-/m1/s1. The molecule has 0 saturated heterocycles. The van der Waals surface area contributed by atoms with E-state index >= 15 is 0 Å². The molecule has 6 nitrogen and oxygen atoms in total. The fourth-order valence-corrected chi connectivity index (χ4v) is 3.04. The van der Waals surface area contributed by atoms with Gasteiger partial charge in [0.25, 0.3) is 11.5 Å². The van der Waals surface area contributed by atoms with Crippen molar-refractivity contribution in [2.24, 2.45) is 5.41 Å². The van der Waals surface area contributed by atoms with Crippen molar-refractivity contribution in [1.82, 2.24) is 20.3 Å². The number of benzene rings is 1. The number of aromatic amines is 1. The second-order valence-corrected chi connectivity index (χ2v) is 7.97. The minimum Gasteiger partial charge on any atom is -0.345 e. The monoisotopic (exact) mass is 376 g/mol. The van der Waals surface area contributed by atoms with Crippen molar-refractivity contribution < 1.29 is 4.79 Å². The van der Waals surface area contributed by atoms with Crippen LogP contribution in [0.15, 0.2) is 66.0 Å². The number of amides is 1. The molecule has 3 rings (SSSR count). The molecule has 1 amide bonds. The van der Waals surface area contributed by atoms with E-state index in [2.05, 4.69) is 41.0 Å². The highest BCUT2D eigenvalue weighted by molar-refractivity contribution is 5.95. The van der Waals surface area contributed by atoms with Gasteiger partial charge >= 0.3 is 0 Å². The lowest BCUT2D eigenvalue weighted by Crippen LogP contribution is -2.31. The summed E-state index contributed by atoms with van der Waals surface area (Å²) in [7, 11) is 0. The van der Waals surface area contributed by atoms with E-state index in [0.29, 0.717) is 11.3 Å². The molecule has 6 heteroatoms. The topological polar surface area (TPSA) is 87.7 Å². The summed E-state index contributed by atoms with van der Waals surface area (Å²) in [5.74, 6) is -0.175. The van der Waals surface area contributed by atoms with Crippen LogP contribution in [0.2, 0.25) is 0 Å². The van der Waals surface area contributed by atoms with Crippen molar-refractivity contribution in [2.75, 3.05) is 0 Å². The molecule has 0 aliphatic heterocycles. The Kier molecular flexibility index (Phi) is 5.68. The normalized spacial score (nSPS) is 12.4. The van der Waals surface area contributed by atoms with E-state index in [-0.39, 0.29) is 22.9 Å². The number of H-pyrrole nitrogens is 1. The van der Waals surface area contributed by atoms with E-state index in [1.54, 1.807) is 36.8 Å². The zero-order valence-corrected chi connectivity index (χ0v) is 16.3. The minimum atomic E-state index is -0.283. The second kappa shape index (κ2) is 8.17. The summed E-state index contributed by atoms with van der Waals surface area (Å²) in [4.78, 5) is 35.3. The van der Waals surface area contributed by atoms with Gasteiger partial charge in [0.1, 0.15) is 0 Å². The van der Waals surface area contributed by atoms with E-state index in [0.717, 1.165) is 17.5 Å². The van der Waals surface area contributed by atoms with E-state index in [9.17, 15) is 9.59 Å². The first kappa shape index (κ1) is 19.5. The van der Waals surface area contributed by atoms with Gasteiger partial charge in [0.15, 0.2) is 0 Å². The Morgan fingerprint density at radius 3 is 2.61 bits per heavy atom. The van der Waals surface area contributed by atoms with E-state index in [4.69, 9.17) is 0 Å². The number of nitrogens with zero attached hydrogens (tertiary/aromatic N) is 2. The van der Waals surface area contributed by atoms with Crippen LogP contribution in [0.3, 0.4) is 0 Å². The lowest BCUT2D eigenvalue weighted by molar-refractivity contribution is 0.0926. The van der Waals surface area contributed by atoms with Gasteiger partial charge in [-0.1, -0.05) is 39.0 Å². The Morgan fingerprint density at radius 1 is 1.11 bits per heavy atom. The van der Waals surface area contributed by atoms with Crippen LogP contribution < -0.4 is 10.9 Å². The van der Waals surface area contributed by atoms with Gasteiger partial charge in [-0.25, -0.2) is 0 Å². The molecule has 0 aliphatic carbocycles. The summed E-state index contributed by atoms with van der Waals surface area (Å²) in [6.07, 6.45) is 7.06. The number of hydrogen-bond acceptors (Lipinski definition) is 4. The Bertz CT molecular complexity index is 1010. The van der Waals surface area contributed by atoms with Crippen molar-refractivity contribution in [1.29, 1.82) is 0 Å². The van der Waals surface area contributed by atoms with Crippen molar-refractivity contribution in [3.05, 3.63) is 82.7 Å². The minimum absolute atomic E-state index is 0.0326. The maximum atomic E-state index is 12.9. The molecular formula is C22H24N4O2. The van der Waals surface area contributed by atoms with E-state index in [1.165, 1.54) is 6.20 Å². The Morgan fingerprint density at radius 2 is 1.93 bits per heavy atom. The fraction of sp³-hybridized carbons (Fsp3) is 0.273. The average Bonchev–Trinajstić information content (AvgIpc) is 2.67. The van der Waals surface area contributed by atoms with Crippen LogP contribution in [0.4, 0.5) is 0 Å². The Hall–Kier alpha value is -3.28. The first-order valence-corrected chi connectivity index (χ1v) is 9.17. The smallest absolute Gasteiger partial charge is 0.266 e. The summed E-state index contributed by atoms with van der Waals surface area (Å²) >= 11 is 0. The third kappa shape index (κ3) is 5.13. The second-order valence-electron chi connectivity index (χ2n) is 7.97. The Balaban J connectivity index is 1.86. The quantitative estimate of drug-likeness (QED) is 0.710. The molecule has 2 N–H and O–H groups in total. The lowest BCUT2D eigenvalue weighted by Gasteiger charge is -2.27. The van der Waals surface area contributed by atoms with E-state index < -0.39 is 0 Å². The molecule has 0 saturated carbocycles. The number of rotatable bonds is 5. The predicted octanol–water partition coefficient (Wildman–Crippen LogP) is 3.74. The lowest BCUT2D eigenvalue weighted by atomic mass is 9.85. The van der Waals surface area contributed by atoms with Crippen molar-refractivity contribution in [3.63, 3.8) is 0 Å². The summed E-state index contributed by atoms with van der Waals surface area (Å²) in [6.45, 7) is 6.42. The largest absolute Gasteiger partial charge is 0.345 e.